The second kappa shape index (κ2) is 8.21. The van der Waals surface area contributed by atoms with Crippen molar-refractivity contribution in [3.05, 3.63) is 47.5 Å². The Hall–Kier alpha value is -2.21. The van der Waals surface area contributed by atoms with Gasteiger partial charge in [0.05, 0.1) is 0 Å². The average molecular weight is 384 g/mol. The van der Waals surface area contributed by atoms with Crippen LogP contribution in [0.25, 0.3) is 0 Å². The molecule has 5 nitrogen and oxygen atoms in total. The zero-order valence-electron chi connectivity index (χ0n) is 15.3. The SMILES string of the molecule is O=C(CN(C(=O)C1CC1c1ccccc1)C1CCCCC1)Nc1nccs1. The van der Waals surface area contributed by atoms with Crippen LogP contribution in [-0.4, -0.2) is 34.3 Å². The van der Waals surface area contributed by atoms with Gasteiger partial charge < -0.3 is 10.2 Å². The molecule has 0 aliphatic heterocycles. The number of carbonyl (C=O) groups is 2. The third kappa shape index (κ3) is 4.38. The van der Waals surface area contributed by atoms with Crippen LogP contribution in [0.3, 0.4) is 0 Å². The van der Waals surface area contributed by atoms with Crippen molar-refractivity contribution in [1.82, 2.24) is 9.88 Å². The van der Waals surface area contributed by atoms with E-state index in [4.69, 9.17) is 0 Å². The van der Waals surface area contributed by atoms with Crippen LogP contribution in [0, 0.1) is 5.92 Å². The van der Waals surface area contributed by atoms with Crippen molar-refractivity contribution < 1.29 is 9.59 Å². The van der Waals surface area contributed by atoms with Crippen LogP contribution in [0.5, 0.6) is 0 Å². The molecule has 6 heteroatoms. The molecule has 2 amide bonds. The van der Waals surface area contributed by atoms with E-state index in [2.05, 4.69) is 22.4 Å². The molecule has 2 aliphatic rings. The fourth-order valence-corrected chi connectivity index (χ4v) is 4.67. The van der Waals surface area contributed by atoms with Crippen LogP contribution in [0.15, 0.2) is 41.9 Å². The predicted octanol–water partition coefficient (Wildman–Crippen LogP) is 4.05. The first kappa shape index (κ1) is 18.2. The fraction of sp³-hybridized carbons (Fsp3) is 0.476. The second-order valence-corrected chi connectivity index (χ2v) is 8.40. The van der Waals surface area contributed by atoms with Gasteiger partial charge in [-0.1, -0.05) is 49.6 Å². The molecule has 1 N–H and O–H groups in total. The van der Waals surface area contributed by atoms with Gasteiger partial charge in [-0.25, -0.2) is 4.98 Å². The minimum atomic E-state index is -0.152. The topological polar surface area (TPSA) is 62.3 Å². The Kier molecular flexibility index (Phi) is 5.53. The number of rotatable bonds is 6. The van der Waals surface area contributed by atoms with Crippen molar-refractivity contribution >= 4 is 28.3 Å². The molecule has 0 spiro atoms. The summed E-state index contributed by atoms with van der Waals surface area (Å²) in [6, 6.07) is 10.4. The molecule has 0 saturated heterocycles. The van der Waals surface area contributed by atoms with Gasteiger partial charge in [0.1, 0.15) is 6.54 Å². The molecule has 2 fully saturated rings. The van der Waals surface area contributed by atoms with E-state index in [0.717, 1.165) is 32.1 Å². The standard InChI is InChI=1S/C21H25N3O2S/c25-19(23-21-22-11-12-27-21)14-24(16-9-5-2-6-10-16)20(26)18-13-17(18)15-7-3-1-4-8-15/h1,3-4,7-8,11-12,16-18H,2,5-6,9-10,13-14H2,(H,22,23,25). The summed E-state index contributed by atoms with van der Waals surface area (Å²) >= 11 is 1.39. The molecule has 0 radical (unpaired) electrons. The van der Waals surface area contributed by atoms with Gasteiger partial charge in [0, 0.05) is 23.5 Å². The van der Waals surface area contributed by atoms with E-state index in [0.29, 0.717) is 11.0 Å². The highest BCUT2D eigenvalue weighted by Crippen LogP contribution is 2.48. The number of thiazole rings is 1. The number of nitrogens with one attached hydrogen (secondary N) is 1. The van der Waals surface area contributed by atoms with E-state index in [9.17, 15) is 9.59 Å². The van der Waals surface area contributed by atoms with E-state index in [1.807, 2.05) is 28.5 Å². The molecule has 2 aliphatic carbocycles. The summed E-state index contributed by atoms with van der Waals surface area (Å²) in [7, 11) is 0. The highest BCUT2D eigenvalue weighted by molar-refractivity contribution is 7.13. The summed E-state index contributed by atoms with van der Waals surface area (Å²) in [6.07, 6.45) is 8.04. The Labute approximate surface area is 163 Å². The Balaban J connectivity index is 1.44. The Morgan fingerprint density at radius 3 is 2.63 bits per heavy atom. The van der Waals surface area contributed by atoms with Gasteiger partial charge in [0.25, 0.3) is 0 Å². The fourth-order valence-electron chi connectivity index (χ4n) is 4.13. The second-order valence-electron chi connectivity index (χ2n) is 7.50. The minimum Gasteiger partial charge on any atom is -0.330 e. The summed E-state index contributed by atoms with van der Waals surface area (Å²) in [5, 5.41) is 5.24. The summed E-state index contributed by atoms with van der Waals surface area (Å²) in [5.74, 6) is 0.305. The van der Waals surface area contributed by atoms with Crippen LogP contribution in [-0.2, 0) is 9.59 Å². The average Bonchev–Trinajstić information content (AvgIpc) is 3.36. The molecule has 27 heavy (non-hydrogen) atoms. The highest BCUT2D eigenvalue weighted by Gasteiger charge is 2.47. The largest absolute Gasteiger partial charge is 0.330 e. The monoisotopic (exact) mass is 383 g/mol. The van der Waals surface area contributed by atoms with Gasteiger partial charge in [-0.2, -0.15) is 0 Å². The van der Waals surface area contributed by atoms with Crippen molar-refractivity contribution in [2.75, 3.05) is 11.9 Å². The number of nitrogens with zero attached hydrogens (tertiary/aromatic N) is 2. The summed E-state index contributed by atoms with van der Waals surface area (Å²) in [5.41, 5.74) is 1.23. The molecule has 2 unspecified atom stereocenters. The molecule has 0 bridgehead atoms. The van der Waals surface area contributed by atoms with Crippen molar-refractivity contribution in [2.24, 2.45) is 5.92 Å². The molecule has 2 saturated carbocycles. The van der Waals surface area contributed by atoms with E-state index in [1.54, 1.807) is 6.20 Å². The van der Waals surface area contributed by atoms with Crippen LogP contribution in [0.1, 0.15) is 50.0 Å². The molecule has 142 valence electrons. The zero-order chi connectivity index (χ0) is 18.6. The van der Waals surface area contributed by atoms with Gasteiger partial charge in [-0.15, -0.1) is 11.3 Å². The number of hydrogen-bond acceptors (Lipinski definition) is 4. The first-order chi connectivity index (χ1) is 13.2. The lowest BCUT2D eigenvalue weighted by atomic mass is 9.93. The van der Waals surface area contributed by atoms with Crippen molar-refractivity contribution in [2.45, 2.75) is 50.5 Å². The number of carbonyl (C=O) groups excluding carboxylic acids is 2. The van der Waals surface area contributed by atoms with Gasteiger partial charge in [0.2, 0.25) is 11.8 Å². The van der Waals surface area contributed by atoms with Crippen LogP contribution < -0.4 is 5.32 Å². The molecule has 1 aromatic heterocycles. The lowest BCUT2D eigenvalue weighted by Crippen LogP contribution is -2.46. The Morgan fingerprint density at radius 1 is 1.15 bits per heavy atom. The van der Waals surface area contributed by atoms with Gasteiger partial charge in [-0.3, -0.25) is 9.59 Å². The normalized spacial score (nSPS) is 22.2. The third-order valence-electron chi connectivity index (χ3n) is 5.63. The first-order valence-corrected chi connectivity index (χ1v) is 10.6. The predicted molar refractivity (Wildman–Crippen MR) is 107 cm³/mol. The van der Waals surface area contributed by atoms with E-state index in [-0.39, 0.29) is 30.3 Å². The Bertz CT molecular complexity index is 772. The molecule has 1 aromatic carbocycles. The summed E-state index contributed by atoms with van der Waals surface area (Å²) in [4.78, 5) is 31.7. The van der Waals surface area contributed by atoms with Gasteiger partial charge >= 0.3 is 0 Å². The van der Waals surface area contributed by atoms with E-state index in [1.165, 1.54) is 23.3 Å². The molecule has 1 heterocycles. The highest BCUT2D eigenvalue weighted by atomic mass is 32.1. The number of amides is 2. The minimum absolute atomic E-state index is 0.0157. The first-order valence-electron chi connectivity index (χ1n) is 9.77. The number of benzene rings is 1. The van der Waals surface area contributed by atoms with Crippen molar-refractivity contribution in [3.63, 3.8) is 0 Å². The van der Waals surface area contributed by atoms with Gasteiger partial charge in [0.15, 0.2) is 5.13 Å². The summed E-state index contributed by atoms with van der Waals surface area (Å²) < 4.78 is 0. The lowest BCUT2D eigenvalue weighted by Gasteiger charge is -2.34. The van der Waals surface area contributed by atoms with E-state index >= 15 is 0 Å². The van der Waals surface area contributed by atoms with Crippen molar-refractivity contribution in [3.8, 4) is 0 Å². The quantitative estimate of drug-likeness (QED) is 0.819. The summed E-state index contributed by atoms with van der Waals surface area (Å²) in [6.45, 7) is 0.126. The molecular weight excluding hydrogens is 358 g/mol. The maximum atomic E-state index is 13.3. The van der Waals surface area contributed by atoms with Crippen LogP contribution >= 0.6 is 11.3 Å². The van der Waals surface area contributed by atoms with E-state index < -0.39 is 0 Å². The lowest BCUT2D eigenvalue weighted by molar-refractivity contribution is -0.139. The third-order valence-corrected chi connectivity index (χ3v) is 6.32. The zero-order valence-corrected chi connectivity index (χ0v) is 16.2. The smallest absolute Gasteiger partial charge is 0.245 e. The van der Waals surface area contributed by atoms with Gasteiger partial charge in [-0.05, 0) is 30.7 Å². The Morgan fingerprint density at radius 2 is 1.93 bits per heavy atom. The maximum absolute atomic E-state index is 13.3. The number of hydrogen-bond donors (Lipinski definition) is 1. The molecule has 2 atom stereocenters. The maximum Gasteiger partial charge on any atom is 0.245 e. The molecule has 2 aromatic rings. The molecule has 4 rings (SSSR count). The number of anilines is 1. The molecular formula is C21H25N3O2S. The van der Waals surface area contributed by atoms with Crippen LogP contribution in [0.4, 0.5) is 5.13 Å². The number of aromatic nitrogens is 1. The van der Waals surface area contributed by atoms with Crippen molar-refractivity contribution in [1.29, 1.82) is 0 Å². The van der Waals surface area contributed by atoms with Crippen LogP contribution in [0.2, 0.25) is 0 Å².